The van der Waals surface area contributed by atoms with E-state index in [0.717, 1.165) is 0 Å². The van der Waals surface area contributed by atoms with E-state index in [2.05, 4.69) is 26.6 Å². The van der Waals surface area contributed by atoms with Crippen molar-refractivity contribution in [3.63, 3.8) is 0 Å². The van der Waals surface area contributed by atoms with E-state index in [1.165, 1.54) is 12.1 Å². The maximum atomic E-state index is 11.7. The van der Waals surface area contributed by atoms with Gasteiger partial charge in [-0.15, -0.1) is 6.42 Å². The van der Waals surface area contributed by atoms with Crippen LogP contribution in [0.5, 0.6) is 0 Å². The van der Waals surface area contributed by atoms with Crippen LogP contribution < -0.4 is 10.5 Å². The van der Waals surface area contributed by atoms with E-state index in [1.54, 1.807) is 6.07 Å². The van der Waals surface area contributed by atoms with Gasteiger partial charge in [-0.05, 0) is 18.2 Å². The smallest absolute Gasteiger partial charge is 0.243 e. The molecule has 0 radical (unpaired) electrons. The molecule has 0 aromatic heterocycles. The molecule has 0 saturated carbocycles. The maximum Gasteiger partial charge on any atom is 0.243 e. The number of hydrogen-bond donors (Lipinski definition) is 2. The van der Waals surface area contributed by atoms with Gasteiger partial charge in [-0.25, -0.2) is 8.42 Å². The van der Waals surface area contributed by atoms with Crippen LogP contribution in [-0.4, -0.2) is 15.0 Å². The van der Waals surface area contributed by atoms with E-state index in [9.17, 15) is 8.42 Å². The highest BCUT2D eigenvalue weighted by molar-refractivity contribution is 9.10. The quantitative estimate of drug-likeness (QED) is 0.642. The summed E-state index contributed by atoms with van der Waals surface area (Å²) in [7, 11) is -3.62. The fourth-order valence-corrected chi connectivity index (χ4v) is 2.56. The lowest BCUT2D eigenvalue weighted by Crippen LogP contribution is -2.24. The molecule has 0 aliphatic rings. The summed E-state index contributed by atoms with van der Waals surface area (Å²) in [6.45, 7) is -0.0612. The van der Waals surface area contributed by atoms with Gasteiger partial charge >= 0.3 is 0 Å². The van der Waals surface area contributed by atoms with E-state index in [1.807, 2.05) is 0 Å². The van der Waals surface area contributed by atoms with Crippen molar-refractivity contribution in [1.29, 1.82) is 0 Å². The largest absolute Gasteiger partial charge is 0.398 e. The zero-order chi connectivity index (χ0) is 11.5. The molecule has 0 unspecified atom stereocenters. The van der Waals surface area contributed by atoms with E-state index >= 15 is 0 Å². The van der Waals surface area contributed by atoms with Gasteiger partial charge < -0.3 is 5.73 Å². The summed E-state index contributed by atoms with van der Waals surface area (Å²) in [5, 5.41) is 0. The molecule has 0 amide bonds. The average Bonchev–Trinajstić information content (AvgIpc) is 2.18. The third-order valence-electron chi connectivity index (χ3n) is 1.63. The zero-order valence-electron chi connectivity index (χ0n) is 7.70. The molecule has 4 nitrogen and oxygen atoms in total. The van der Waals surface area contributed by atoms with Crippen LogP contribution >= 0.6 is 15.9 Å². The molecule has 0 spiro atoms. The summed E-state index contributed by atoms with van der Waals surface area (Å²) in [5.74, 6) is 2.18. The molecule has 1 aromatic carbocycles. The molecule has 0 bridgehead atoms. The predicted octanol–water partition coefficient (Wildman–Crippen LogP) is 0.943. The van der Waals surface area contributed by atoms with Crippen molar-refractivity contribution in [3.05, 3.63) is 22.7 Å². The van der Waals surface area contributed by atoms with Gasteiger partial charge in [0.15, 0.2) is 0 Å². The zero-order valence-corrected chi connectivity index (χ0v) is 10.1. The number of rotatable bonds is 3. The first-order chi connectivity index (χ1) is 6.97. The van der Waals surface area contributed by atoms with Crippen molar-refractivity contribution in [2.75, 3.05) is 12.3 Å². The Bertz CT molecular complexity index is 505. The minimum atomic E-state index is -3.62. The second-order valence-corrected chi connectivity index (χ2v) is 5.36. The van der Waals surface area contributed by atoms with Crippen molar-refractivity contribution in [2.24, 2.45) is 0 Å². The SMILES string of the molecule is C#CCNS(=O)(=O)c1cc(Br)ccc1N. The van der Waals surface area contributed by atoms with Gasteiger partial charge in [0.25, 0.3) is 0 Å². The van der Waals surface area contributed by atoms with Gasteiger partial charge in [-0.2, -0.15) is 4.72 Å². The molecule has 0 atom stereocenters. The Kier molecular flexibility index (Phi) is 3.74. The highest BCUT2D eigenvalue weighted by atomic mass is 79.9. The molecule has 0 fully saturated rings. The maximum absolute atomic E-state index is 11.7. The van der Waals surface area contributed by atoms with Gasteiger partial charge in [0, 0.05) is 4.47 Å². The van der Waals surface area contributed by atoms with E-state index in [4.69, 9.17) is 12.2 Å². The van der Waals surface area contributed by atoms with Gasteiger partial charge in [-0.3, -0.25) is 0 Å². The highest BCUT2D eigenvalue weighted by Gasteiger charge is 2.16. The van der Waals surface area contributed by atoms with E-state index in [0.29, 0.717) is 4.47 Å². The van der Waals surface area contributed by atoms with Crippen LogP contribution in [0.2, 0.25) is 0 Å². The topological polar surface area (TPSA) is 72.2 Å². The number of anilines is 1. The molecule has 0 aliphatic heterocycles. The summed E-state index contributed by atoms with van der Waals surface area (Å²) >= 11 is 3.17. The van der Waals surface area contributed by atoms with Gasteiger partial charge in [0.2, 0.25) is 10.0 Å². The second kappa shape index (κ2) is 4.66. The lowest BCUT2D eigenvalue weighted by molar-refractivity contribution is 0.586. The van der Waals surface area contributed by atoms with E-state index < -0.39 is 10.0 Å². The Hall–Kier alpha value is -1.03. The standard InChI is InChI=1S/C9H9BrN2O2S/c1-2-5-12-15(13,14)9-6-7(10)3-4-8(9)11/h1,3-4,6,12H,5,11H2. The number of sulfonamides is 1. The lowest BCUT2D eigenvalue weighted by atomic mass is 10.3. The van der Waals surface area contributed by atoms with Crippen molar-refractivity contribution in [3.8, 4) is 12.3 Å². The Morgan fingerprint density at radius 1 is 1.53 bits per heavy atom. The van der Waals surface area contributed by atoms with Crippen molar-refractivity contribution < 1.29 is 8.42 Å². The van der Waals surface area contributed by atoms with Gasteiger partial charge in [0.1, 0.15) is 4.90 Å². The molecule has 1 aromatic rings. The fourth-order valence-electron chi connectivity index (χ4n) is 0.955. The van der Waals surface area contributed by atoms with Crippen LogP contribution in [0, 0.1) is 12.3 Å². The van der Waals surface area contributed by atoms with Crippen LogP contribution in [0.1, 0.15) is 0 Å². The Morgan fingerprint density at radius 3 is 2.80 bits per heavy atom. The number of halogens is 1. The monoisotopic (exact) mass is 288 g/mol. The number of nitrogens with two attached hydrogens (primary N) is 1. The fraction of sp³-hybridized carbons (Fsp3) is 0.111. The van der Waals surface area contributed by atoms with Crippen molar-refractivity contribution in [2.45, 2.75) is 4.90 Å². The van der Waals surface area contributed by atoms with Crippen LogP contribution in [-0.2, 0) is 10.0 Å². The van der Waals surface area contributed by atoms with Crippen LogP contribution in [0.15, 0.2) is 27.6 Å². The van der Waals surface area contributed by atoms with Crippen LogP contribution in [0.4, 0.5) is 5.69 Å². The minimum absolute atomic E-state index is 0.0205. The minimum Gasteiger partial charge on any atom is -0.398 e. The molecule has 1 rings (SSSR count). The van der Waals surface area contributed by atoms with Crippen LogP contribution in [0.25, 0.3) is 0 Å². The molecule has 0 aliphatic carbocycles. The third-order valence-corrected chi connectivity index (χ3v) is 3.58. The Labute approximate surface area is 97.0 Å². The molecule has 80 valence electrons. The number of nitrogen functional groups attached to an aromatic ring is 1. The molecular weight excluding hydrogens is 280 g/mol. The van der Waals surface area contributed by atoms with Crippen LogP contribution in [0.3, 0.4) is 0 Å². The third kappa shape index (κ3) is 2.96. The number of hydrogen-bond acceptors (Lipinski definition) is 3. The molecule has 0 heterocycles. The molecular formula is C9H9BrN2O2S. The summed E-state index contributed by atoms with van der Waals surface area (Å²) in [4.78, 5) is 0.0205. The predicted molar refractivity (Wildman–Crippen MR) is 62.6 cm³/mol. The molecule has 0 saturated heterocycles. The molecule has 6 heteroatoms. The lowest BCUT2D eigenvalue weighted by Gasteiger charge is -2.07. The first-order valence-corrected chi connectivity index (χ1v) is 6.23. The summed E-state index contributed by atoms with van der Waals surface area (Å²) in [5.41, 5.74) is 5.74. The average molecular weight is 289 g/mol. The number of benzene rings is 1. The highest BCUT2D eigenvalue weighted by Crippen LogP contribution is 2.22. The van der Waals surface area contributed by atoms with E-state index in [-0.39, 0.29) is 17.1 Å². The molecule has 3 N–H and O–H groups in total. The van der Waals surface area contributed by atoms with Crippen molar-refractivity contribution in [1.82, 2.24) is 4.72 Å². The normalized spacial score (nSPS) is 10.9. The summed E-state index contributed by atoms with van der Waals surface area (Å²) in [6, 6.07) is 4.60. The first-order valence-electron chi connectivity index (χ1n) is 3.95. The second-order valence-electron chi connectivity index (χ2n) is 2.71. The van der Waals surface area contributed by atoms with Gasteiger partial charge in [-0.1, -0.05) is 21.9 Å². The number of terminal acetylenes is 1. The summed E-state index contributed by atoms with van der Waals surface area (Å²) < 4.78 is 26.2. The van der Waals surface area contributed by atoms with Crippen molar-refractivity contribution >= 4 is 31.6 Å². The number of nitrogens with one attached hydrogen (secondary N) is 1. The summed E-state index contributed by atoms with van der Waals surface area (Å²) in [6.07, 6.45) is 4.96. The Balaban J connectivity index is 3.16. The Morgan fingerprint density at radius 2 is 2.20 bits per heavy atom. The van der Waals surface area contributed by atoms with Gasteiger partial charge in [0.05, 0.1) is 12.2 Å². The first kappa shape index (κ1) is 12.0. The molecule has 15 heavy (non-hydrogen) atoms.